The van der Waals surface area contributed by atoms with Gasteiger partial charge in [-0.25, -0.2) is 9.67 Å². The van der Waals surface area contributed by atoms with E-state index in [1.807, 2.05) is 12.1 Å². The summed E-state index contributed by atoms with van der Waals surface area (Å²) < 4.78 is 45.6. The molecule has 0 aliphatic carbocycles. The molecule has 1 aromatic carbocycles. The van der Waals surface area contributed by atoms with E-state index in [4.69, 9.17) is 4.74 Å². The number of nitrogens with zero attached hydrogens (tertiary/aromatic N) is 4. The minimum atomic E-state index is -4.43. The van der Waals surface area contributed by atoms with Crippen LogP contribution in [0.1, 0.15) is 18.4 Å². The van der Waals surface area contributed by atoms with Crippen LogP contribution in [0, 0.1) is 0 Å². The maximum Gasteiger partial charge on any atom is 0.416 e. The van der Waals surface area contributed by atoms with Gasteiger partial charge in [0.2, 0.25) is 0 Å². The summed E-state index contributed by atoms with van der Waals surface area (Å²) in [7, 11) is 3.44. The van der Waals surface area contributed by atoms with Crippen molar-refractivity contribution in [3.63, 3.8) is 0 Å². The lowest BCUT2D eigenvalue weighted by Crippen LogP contribution is -2.39. The van der Waals surface area contributed by atoms with Gasteiger partial charge >= 0.3 is 6.18 Å². The van der Waals surface area contributed by atoms with E-state index < -0.39 is 11.7 Å². The van der Waals surface area contributed by atoms with Crippen molar-refractivity contribution in [1.82, 2.24) is 19.7 Å². The lowest BCUT2D eigenvalue weighted by molar-refractivity contribution is -0.137. The van der Waals surface area contributed by atoms with E-state index in [-0.39, 0.29) is 5.75 Å². The molecule has 29 heavy (non-hydrogen) atoms. The van der Waals surface area contributed by atoms with Crippen LogP contribution >= 0.6 is 0 Å². The average molecular weight is 405 g/mol. The summed E-state index contributed by atoms with van der Waals surface area (Å²) in [4.78, 5) is 6.85. The van der Waals surface area contributed by atoms with Gasteiger partial charge in [-0.15, -0.1) is 5.10 Å². The zero-order valence-electron chi connectivity index (χ0n) is 16.2. The first-order valence-corrected chi connectivity index (χ1v) is 9.40. The number of hydrogen-bond acceptors (Lipinski definition) is 5. The summed E-state index contributed by atoms with van der Waals surface area (Å²) in [5.41, 5.74) is 0.167. The van der Waals surface area contributed by atoms with Gasteiger partial charge in [0, 0.05) is 24.2 Å². The number of pyridine rings is 1. The molecule has 1 aliphatic heterocycles. The molecule has 9 heteroatoms. The number of hydrogen-bond donors (Lipinski definition) is 1. The van der Waals surface area contributed by atoms with Crippen LogP contribution in [0.3, 0.4) is 0 Å². The molecular formula is C20H22F3N5O. The van der Waals surface area contributed by atoms with Crippen LogP contribution in [-0.4, -0.2) is 53.0 Å². The number of aromatic nitrogens is 3. The van der Waals surface area contributed by atoms with Gasteiger partial charge < -0.3 is 15.0 Å². The van der Waals surface area contributed by atoms with Crippen molar-refractivity contribution in [1.29, 1.82) is 0 Å². The van der Waals surface area contributed by atoms with Crippen LogP contribution < -0.4 is 10.1 Å². The van der Waals surface area contributed by atoms with Gasteiger partial charge in [0.15, 0.2) is 5.65 Å². The van der Waals surface area contributed by atoms with Crippen LogP contribution in [0.2, 0.25) is 0 Å². The van der Waals surface area contributed by atoms with Gasteiger partial charge in [-0.05, 0) is 56.8 Å². The van der Waals surface area contributed by atoms with Crippen LogP contribution in [0.5, 0.6) is 5.75 Å². The van der Waals surface area contributed by atoms with Crippen LogP contribution in [0.4, 0.5) is 19.0 Å². The van der Waals surface area contributed by atoms with Crippen molar-refractivity contribution >= 4 is 16.9 Å². The summed E-state index contributed by atoms with van der Waals surface area (Å²) >= 11 is 0. The zero-order chi connectivity index (χ0) is 20.6. The quantitative estimate of drug-likeness (QED) is 0.712. The number of likely N-dealkylation sites (tertiary alicyclic amines) is 1. The average Bonchev–Trinajstić information content (AvgIpc) is 3.10. The Labute approximate surface area is 166 Å². The Morgan fingerprint density at radius 3 is 2.76 bits per heavy atom. The van der Waals surface area contributed by atoms with E-state index in [0.717, 1.165) is 49.3 Å². The molecular weight excluding hydrogens is 383 g/mol. The maximum absolute atomic E-state index is 13.0. The normalized spacial score (nSPS) is 18.2. The Hall–Kier alpha value is -2.81. The van der Waals surface area contributed by atoms with E-state index >= 15 is 0 Å². The first-order chi connectivity index (χ1) is 13.8. The molecule has 1 atom stereocenters. The van der Waals surface area contributed by atoms with E-state index in [1.165, 1.54) is 17.9 Å². The number of rotatable bonds is 4. The zero-order valence-corrected chi connectivity index (χ0v) is 16.2. The molecule has 4 rings (SSSR count). The fraction of sp³-hybridized carbons (Fsp3) is 0.400. The van der Waals surface area contributed by atoms with E-state index in [1.54, 1.807) is 6.20 Å². The highest BCUT2D eigenvalue weighted by atomic mass is 19.4. The predicted molar refractivity (Wildman–Crippen MR) is 105 cm³/mol. The number of anilines is 1. The molecule has 1 fully saturated rings. The number of nitrogens with one attached hydrogen (secondary N) is 1. The van der Waals surface area contributed by atoms with Crippen molar-refractivity contribution in [2.24, 2.45) is 0 Å². The number of halogens is 3. The number of fused-ring (bicyclic) bond motifs is 1. The Morgan fingerprint density at radius 1 is 1.21 bits per heavy atom. The van der Waals surface area contributed by atoms with E-state index in [9.17, 15) is 13.2 Å². The van der Waals surface area contributed by atoms with E-state index in [0.29, 0.717) is 17.4 Å². The van der Waals surface area contributed by atoms with Crippen molar-refractivity contribution in [3.8, 4) is 11.4 Å². The molecule has 2 aromatic heterocycles. The molecule has 1 N–H and O–H groups in total. The summed E-state index contributed by atoms with van der Waals surface area (Å²) in [6.07, 6.45) is -0.485. The summed E-state index contributed by atoms with van der Waals surface area (Å²) in [5.74, 6) is 0.832. The van der Waals surface area contributed by atoms with Crippen LogP contribution in [-0.2, 0) is 6.18 Å². The third-order valence-electron chi connectivity index (χ3n) is 5.10. The van der Waals surface area contributed by atoms with Crippen molar-refractivity contribution in [3.05, 3.63) is 42.1 Å². The molecule has 0 bridgehead atoms. The minimum Gasteiger partial charge on any atom is -0.494 e. The highest BCUT2D eigenvalue weighted by Crippen LogP contribution is 2.34. The second kappa shape index (κ2) is 7.55. The van der Waals surface area contributed by atoms with Gasteiger partial charge in [0.25, 0.3) is 0 Å². The second-order valence-corrected chi connectivity index (χ2v) is 7.31. The molecule has 154 valence electrons. The number of methoxy groups -OCH3 is 1. The summed E-state index contributed by atoms with van der Waals surface area (Å²) in [6, 6.07) is 7.47. The standard InChI is InChI=1S/C20H22F3N5O/c1-27-9-3-4-15(12-27)24-18-8-5-13-11-28(26-19(13)25-18)16-7-6-14(20(21,22)23)10-17(16)29-2/h5-8,10-11,15H,3-4,9,12H2,1-2H3,(H,24,25,26)/t15-/m1/s1. The lowest BCUT2D eigenvalue weighted by atomic mass is 10.1. The van der Waals surface area contributed by atoms with Gasteiger partial charge in [-0.3, -0.25) is 0 Å². The molecule has 0 radical (unpaired) electrons. The first kappa shape index (κ1) is 19.5. The Bertz CT molecular complexity index is 1020. The largest absolute Gasteiger partial charge is 0.494 e. The fourth-order valence-corrected chi connectivity index (χ4v) is 3.64. The van der Waals surface area contributed by atoms with Crippen molar-refractivity contribution < 1.29 is 17.9 Å². The van der Waals surface area contributed by atoms with Gasteiger partial charge in [-0.1, -0.05) is 0 Å². The minimum absolute atomic E-state index is 0.0937. The molecule has 0 unspecified atom stereocenters. The van der Waals surface area contributed by atoms with Gasteiger partial charge in [-0.2, -0.15) is 13.2 Å². The third-order valence-corrected chi connectivity index (χ3v) is 5.10. The molecule has 0 amide bonds. The molecule has 3 heterocycles. The Kier molecular flexibility index (Phi) is 5.08. The molecule has 0 spiro atoms. The van der Waals surface area contributed by atoms with Crippen molar-refractivity contribution in [2.75, 3.05) is 32.6 Å². The topological polar surface area (TPSA) is 55.2 Å². The van der Waals surface area contributed by atoms with Crippen LogP contribution in [0.25, 0.3) is 16.7 Å². The van der Waals surface area contributed by atoms with Crippen LogP contribution in [0.15, 0.2) is 36.5 Å². The fourth-order valence-electron chi connectivity index (χ4n) is 3.64. The SMILES string of the molecule is COc1cc(C(F)(F)F)ccc1-n1cc2ccc(N[C@@H]3CCCN(C)C3)nc2n1. The number of likely N-dealkylation sites (N-methyl/N-ethyl adjacent to an activating group) is 1. The molecule has 6 nitrogen and oxygen atoms in total. The van der Waals surface area contributed by atoms with E-state index in [2.05, 4.69) is 27.3 Å². The molecule has 3 aromatic rings. The van der Waals surface area contributed by atoms with Gasteiger partial charge in [0.1, 0.15) is 17.3 Å². The Morgan fingerprint density at radius 2 is 2.03 bits per heavy atom. The molecule has 1 saturated heterocycles. The molecule has 1 aliphatic rings. The van der Waals surface area contributed by atoms with Gasteiger partial charge in [0.05, 0.1) is 12.7 Å². The first-order valence-electron chi connectivity index (χ1n) is 9.40. The highest BCUT2D eigenvalue weighted by molar-refractivity contribution is 5.77. The maximum atomic E-state index is 13.0. The number of ether oxygens (including phenoxy) is 1. The summed E-state index contributed by atoms with van der Waals surface area (Å²) in [6.45, 7) is 2.06. The predicted octanol–water partition coefficient (Wildman–Crippen LogP) is 3.95. The Balaban J connectivity index is 1.62. The third kappa shape index (κ3) is 4.14. The second-order valence-electron chi connectivity index (χ2n) is 7.31. The smallest absolute Gasteiger partial charge is 0.416 e. The number of piperidine rings is 1. The highest BCUT2D eigenvalue weighted by Gasteiger charge is 2.31. The monoisotopic (exact) mass is 405 g/mol. The van der Waals surface area contributed by atoms with Crippen molar-refractivity contribution in [2.45, 2.75) is 25.1 Å². The lowest BCUT2D eigenvalue weighted by Gasteiger charge is -2.30. The number of alkyl halides is 3. The summed E-state index contributed by atoms with van der Waals surface area (Å²) in [5, 5.41) is 8.68. The molecule has 0 saturated carbocycles. The number of benzene rings is 1.